The molecule has 6 nitrogen and oxygen atoms in total. The maximum atomic E-state index is 12.9. The Bertz CT molecular complexity index is 1140. The Labute approximate surface area is 191 Å². The van der Waals surface area contributed by atoms with Crippen LogP contribution in [0.25, 0.3) is 0 Å². The minimum absolute atomic E-state index is 0.0727. The van der Waals surface area contributed by atoms with Crippen LogP contribution in [0.4, 0.5) is 11.4 Å². The molecule has 1 heterocycles. The fraction of sp³-hybridized carbons (Fsp3) is 0.200. The van der Waals surface area contributed by atoms with Crippen LogP contribution in [0.3, 0.4) is 0 Å². The van der Waals surface area contributed by atoms with Crippen molar-refractivity contribution in [3.05, 3.63) is 83.4 Å². The van der Waals surface area contributed by atoms with E-state index in [2.05, 4.69) is 5.32 Å². The van der Waals surface area contributed by atoms with Gasteiger partial charge < -0.3 is 14.8 Å². The van der Waals surface area contributed by atoms with E-state index in [4.69, 9.17) is 9.47 Å². The van der Waals surface area contributed by atoms with Crippen molar-refractivity contribution in [1.29, 1.82) is 0 Å². The number of nitrogens with zero attached hydrogens (tertiary/aromatic N) is 1. The molecule has 164 valence electrons. The van der Waals surface area contributed by atoms with Gasteiger partial charge in [-0.3, -0.25) is 14.5 Å². The van der Waals surface area contributed by atoms with Crippen molar-refractivity contribution in [3.63, 3.8) is 0 Å². The highest BCUT2D eigenvalue weighted by molar-refractivity contribution is 8.00. The van der Waals surface area contributed by atoms with E-state index in [1.165, 1.54) is 0 Å². The van der Waals surface area contributed by atoms with Crippen molar-refractivity contribution in [1.82, 2.24) is 0 Å². The molecule has 1 aliphatic heterocycles. The van der Waals surface area contributed by atoms with Gasteiger partial charge in [0.2, 0.25) is 5.91 Å². The number of hydrogen-bond acceptors (Lipinski definition) is 5. The molecular weight excluding hydrogens is 424 g/mol. The third kappa shape index (κ3) is 4.57. The summed E-state index contributed by atoms with van der Waals surface area (Å²) in [4.78, 5) is 27.3. The van der Waals surface area contributed by atoms with E-state index in [0.717, 1.165) is 16.8 Å². The Morgan fingerprint density at radius 3 is 2.41 bits per heavy atom. The molecule has 0 radical (unpaired) electrons. The summed E-state index contributed by atoms with van der Waals surface area (Å²) in [5, 5.41) is 2.78. The first kappa shape index (κ1) is 21.8. The fourth-order valence-electron chi connectivity index (χ4n) is 3.64. The van der Waals surface area contributed by atoms with Gasteiger partial charge in [-0.15, -0.1) is 11.8 Å². The van der Waals surface area contributed by atoms with Crippen LogP contribution in [-0.4, -0.2) is 31.8 Å². The highest BCUT2D eigenvalue weighted by Crippen LogP contribution is 2.42. The number of hydrogen-bond donors (Lipinski definition) is 1. The maximum Gasteiger partial charge on any atom is 0.255 e. The Balaban J connectivity index is 1.58. The Morgan fingerprint density at radius 1 is 1.00 bits per heavy atom. The standard InChI is InChI=1S/C25H24N2O4S/c1-16-6-4-9-20(10-16)27-23(28)15-32-25(27)17-7-5-8-19(11-17)26-24(29)18-12-21(30-2)14-22(13-18)31-3/h4-14,25H,15H2,1-3H3,(H,26,29). The molecule has 3 aromatic rings. The molecule has 0 aliphatic carbocycles. The van der Waals surface area contributed by atoms with Gasteiger partial charge in [-0.25, -0.2) is 0 Å². The van der Waals surface area contributed by atoms with Crippen molar-refractivity contribution in [2.75, 3.05) is 30.2 Å². The largest absolute Gasteiger partial charge is 0.497 e. The lowest BCUT2D eigenvalue weighted by molar-refractivity contribution is -0.115. The molecule has 32 heavy (non-hydrogen) atoms. The molecule has 1 N–H and O–H groups in total. The van der Waals surface area contributed by atoms with E-state index in [0.29, 0.717) is 28.5 Å². The highest BCUT2D eigenvalue weighted by Gasteiger charge is 2.34. The smallest absolute Gasteiger partial charge is 0.255 e. The second kappa shape index (κ2) is 9.36. The van der Waals surface area contributed by atoms with Gasteiger partial charge >= 0.3 is 0 Å². The van der Waals surface area contributed by atoms with Crippen molar-refractivity contribution in [2.24, 2.45) is 0 Å². The third-order valence-corrected chi connectivity index (χ3v) is 6.40. The number of ether oxygens (including phenoxy) is 2. The van der Waals surface area contributed by atoms with E-state index in [-0.39, 0.29) is 17.2 Å². The zero-order chi connectivity index (χ0) is 22.7. The lowest BCUT2D eigenvalue weighted by Crippen LogP contribution is -2.27. The minimum atomic E-state index is -0.273. The molecule has 1 fully saturated rings. The SMILES string of the molecule is COc1cc(OC)cc(C(=O)Nc2cccc(C3SCC(=O)N3c3cccc(C)c3)c2)c1. The number of aryl methyl sites for hydroxylation is 1. The maximum absolute atomic E-state index is 12.9. The molecule has 4 rings (SSSR count). The number of benzene rings is 3. The van der Waals surface area contributed by atoms with Crippen LogP contribution in [0.5, 0.6) is 11.5 Å². The van der Waals surface area contributed by atoms with Crippen LogP contribution in [0.1, 0.15) is 26.9 Å². The van der Waals surface area contributed by atoms with Gasteiger partial charge in [0, 0.05) is 23.0 Å². The average Bonchev–Trinajstić information content (AvgIpc) is 3.20. The van der Waals surface area contributed by atoms with E-state index in [9.17, 15) is 9.59 Å². The molecule has 3 aromatic carbocycles. The molecular formula is C25H24N2O4S. The number of methoxy groups -OCH3 is 2. The summed E-state index contributed by atoms with van der Waals surface area (Å²) in [5.74, 6) is 1.29. The second-order valence-corrected chi connectivity index (χ2v) is 8.52. The number of anilines is 2. The van der Waals surface area contributed by atoms with Gasteiger partial charge in [0.25, 0.3) is 5.91 Å². The molecule has 7 heteroatoms. The summed E-state index contributed by atoms with van der Waals surface area (Å²) >= 11 is 1.58. The normalized spacial score (nSPS) is 15.5. The lowest BCUT2D eigenvalue weighted by Gasteiger charge is -2.25. The van der Waals surface area contributed by atoms with Crippen LogP contribution in [-0.2, 0) is 4.79 Å². The molecule has 1 aliphatic rings. The zero-order valence-corrected chi connectivity index (χ0v) is 18.9. The van der Waals surface area contributed by atoms with E-state index < -0.39 is 0 Å². The monoisotopic (exact) mass is 448 g/mol. The van der Waals surface area contributed by atoms with Crippen LogP contribution >= 0.6 is 11.8 Å². The highest BCUT2D eigenvalue weighted by atomic mass is 32.2. The summed E-state index contributed by atoms with van der Waals surface area (Å²) in [6.45, 7) is 2.01. The first-order valence-corrected chi connectivity index (χ1v) is 11.2. The van der Waals surface area contributed by atoms with Crippen molar-refractivity contribution in [3.8, 4) is 11.5 Å². The molecule has 1 atom stereocenters. The van der Waals surface area contributed by atoms with Gasteiger partial charge in [0.15, 0.2) is 0 Å². The molecule has 1 unspecified atom stereocenters. The van der Waals surface area contributed by atoms with Gasteiger partial charge in [0.05, 0.1) is 20.0 Å². The summed E-state index contributed by atoms with van der Waals surface area (Å²) < 4.78 is 10.5. The van der Waals surface area contributed by atoms with Crippen LogP contribution in [0.2, 0.25) is 0 Å². The van der Waals surface area contributed by atoms with Gasteiger partial charge in [0.1, 0.15) is 16.9 Å². The predicted octanol–water partition coefficient (Wildman–Crippen LogP) is 5.04. The van der Waals surface area contributed by atoms with Crippen LogP contribution in [0, 0.1) is 6.92 Å². The van der Waals surface area contributed by atoms with Crippen molar-refractivity contribution >= 4 is 35.0 Å². The summed E-state index contributed by atoms with van der Waals surface area (Å²) in [6, 6.07) is 20.6. The number of thioether (sulfide) groups is 1. The number of rotatable bonds is 6. The molecule has 0 spiro atoms. The lowest BCUT2D eigenvalue weighted by atomic mass is 10.1. The van der Waals surface area contributed by atoms with Crippen molar-refractivity contribution in [2.45, 2.75) is 12.3 Å². The molecule has 0 bridgehead atoms. The summed E-state index contributed by atoms with van der Waals surface area (Å²) in [7, 11) is 3.08. The first-order valence-electron chi connectivity index (χ1n) is 10.1. The average molecular weight is 449 g/mol. The Kier molecular flexibility index (Phi) is 6.37. The Morgan fingerprint density at radius 2 is 1.72 bits per heavy atom. The molecule has 2 amide bonds. The zero-order valence-electron chi connectivity index (χ0n) is 18.1. The molecule has 0 aromatic heterocycles. The quantitative estimate of drug-likeness (QED) is 0.572. The van der Waals surface area contributed by atoms with Gasteiger partial charge in [-0.1, -0.05) is 24.3 Å². The summed E-state index contributed by atoms with van der Waals surface area (Å²) in [5.41, 5.74) is 4.00. The van der Waals surface area contributed by atoms with Gasteiger partial charge in [-0.05, 0) is 54.4 Å². The van der Waals surface area contributed by atoms with E-state index in [1.807, 2.05) is 60.4 Å². The second-order valence-electron chi connectivity index (χ2n) is 7.45. The summed E-state index contributed by atoms with van der Waals surface area (Å²) in [6.07, 6.45) is 0. The van der Waals surface area contributed by atoms with Crippen LogP contribution < -0.4 is 19.7 Å². The molecule has 1 saturated heterocycles. The van der Waals surface area contributed by atoms with Crippen LogP contribution in [0.15, 0.2) is 66.7 Å². The van der Waals surface area contributed by atoms with Crippen molar-refractivity contribution < 1.29 is 19.1 Å². The molecule has 0 saturated carbocycles. The van der Waals surface area contributed by atoms with E-state index in [1.54, 1.807) is 44.2 Å². The van der Waals surface area contributed by atoms with E-state index >= 15 is 0 Å². The third-order valence-electron chi connectivity index (χ3n) is 5.19. The fourth-order valence-corrected chi connectivity index (χ4v) is 4.81. The number of amides is 2. The predicted molar refractivity (Wildman–Crippen MR) is 128 cm³/mol. The topological polar surface area (TPSA) is 67.9 Å². The Hall–Kier alpha value is -3.45. The number of carbonyl (C=O) groups excluding carboxylic acids is 2. The number of carbonyl (C=O) groups is 2. The minimum Gasteiger partial charge on any atom is -0.497 e. The number of nitrogens with one attached hydrogen (secondary N) is 1. The van der Waals surface area contributed by atoms with Gasteiger partial charge in [-0.2, -0.15) is 0 Å². The first-order chi connectivity index (χ1) is 15.5.